The Kier molecular flexibility index (Phi) is 6.68. The zero-order valence-corrected chi connectivity index (χ0v) is 23.5. The summed E-state index contributed by atoms with van der Waals surface area (Å²) >= 11 is 2.84. The van der Waals surface area contributed by atoms with E-state index in [9.17, 15) is 9.59 Å². The molecule has 0 saturated heterocycles. The summed E-state index contributed by atoms with van der Waals surface area (Å²) in [6, 6.07) is 17.8. The summed E-state index contributed by atoms with van der Waals surface area (Å²) in [5, 5.41) is 1.18. The lowest BCUT2D eigenvalue weighted by Crippen LogP contribution is -2.22. The van der Waals surface area contributed by atoms with Gasteiger partial charge in [-0.25, -0.2) is 4.98 Å². The molecule has 188 valence electrons. The molecule has 0 amide bonds. The minimum atomic E-state index is -0.0964. The standard InChI is InChI=1S/C30H29N3O2S2/c1-17-12-13-24(14-18(17)2)32-19(3)15-25(21(32)5)26(34)16-36-30-31-28-27(20(4)22(6)37-28)29(35)33(30)23-10-8-7-9-11-23/h7-15H,16H2,1-6H3. The number of thioether (sulfide) groups is 1. The summed E-state index contributed by atoms with van der Waals surface area (Å²) in [4.78, 5) is 33.8. The van der Waals surface area contributed by atoms with Gasteiger partial charge < -0.3 is 4.57 Å². The van der Waals surface area contributed by atoms with Crippen molar-refractivity contribution in [2.24, 2.45) is 0 Å². The molecule has 0 saturated carbocycles. The summed E-state index contributed by atoms with van der Waals surface area (Å²) in [6.45, 7) is 12.2. The molecule has 0 unspecified atom stereocenters. The van der Waals surface area contributed by atoms with Crippen LogP contribution in [0, 0.1) is 41.5 Å². The second-order valence-corrected chi connectivity index (χ2v) is 11.6. The van der Waals surface area contributed by atoms with E-state index in [1.54, 1.807) is 4.57 Å². The van der Waals surface area contributed by atoms with E-state index < -0.39 is 0 Å². The highest BCUT2D eigenvalue weighted by atomic mass is 32.2. The second kappa shape index (κ2) is 9.80. The topological polar surface area (TPSA) is 56.9 Å². The van der Waals surface area contributed by atoms with Crippen molar-refractivity contribution in [3.63, 3.8) is 0 Å². The van der Waals surface area contributed by atoms with Crippen LogP contribution in [0.25, 0.3) is 21.6 Å². The SMILES string of the molecule is Cc1ccc(-n2c(C)cc(C(=O)CSc3nc4sc(C)c(C)c4c(=O)n3-c3ccccc3)c2C)cc1C. The lowest BCUT2D eigenvalue weighted by molar-refractivity contribution is 0.102. The molecular weight excluding hydrogens is 498 g/mol. The van der Waals surface area contributed by atoms with Crippen LogP contribution in [0.4, 0.5) is 0 Å². The molecule has 0 aliphatic carbocycles. The zero-order valence-electron chi connectivity index (χ0n) is 21.9. The number of Topliss-reactive ketones (excluding diaryl/α,β-unsaturated/α-hetero) is 1. The van der Waals surface area contributed by atoms with Crippen molar-refractivity contribution in [1.82, 2.24) is 14.1 Å². The average molecular weight is 528 g/mol. The Bertz CT molecular complexity index is 1730. The molecule has 5 nitrogen and oxygen atoms in total. The maximum atomic E-state index is 13.6. The first-order valence-corrected chi connectivity index (χ1v) is 14.0. The molecule has 0 atom stereocenters. The second-order valence-electron chi connectivity index (χ2n) is 9.43. The van der Waals surface area contributed by atoms with E-state index in [0.29, 0.717) is 16.1 Å². The van der Waals surface area contributed by atoms with Crippen molar-refractivity contribution in [3.8, 4) is 11.4 Å². The van der Waals surface area contributed by atoms with Crippen molar-refractivity contribution < 1.29 is 4.79 Å². The minimum absolute atomic E-state index is 0.0145. The first kappa shape index (κ1) is 25.2. The van der Waals surface area contributed by atoms with E-state index in [0.717, 1.165) is 38.0 Å². The Morgan fingerprint density at radius 3 is 2.32 bits per heavy atom. The van der Waals surface area contributed by atoms with Gasteiger partial charge in [-0.3, -0.25) is 14.2 Å². The minimum Gasteiger partial charge on any atom is -0.318 e. The van der Waals surface area contributed by atoms with Crippen LogP contribution in [-0.4, -0.2) is 25.7 Å². The summed E-state index contributed by atoms with van der Waals surface area (Å²) in [5.41, 5.74) is 7.75. The van der Waals surface area contributed by atoms with E-state index in [-0.39, 0.29) is 17.1 Å². The van der Waals surface area contributed by atoms with Crippen LogP contribution in [0.1, 0.15) is 43.3 Å². The number of thiophene rings is 1. The number of rotatable bonds is 6. The van der Waals surface area contributed by atoms with Gasteiger partial charge in [0, 0.05) is 27.5 Å². The molecule has 5 rings (SSSR count). The zero-order chi connectivity index (χ0) is 26.4. The first-order valence-electron chi connectivity index (χ1n) is 12.2. The molecule has 7 heteroatoms. The molecule has 0 spiro atoms. The summed E-state index contributed by atoms with van der Waals surface area (Å²) < 4.78 is 3.77. The number of hydrogen-bond donors (Lipinski definition) is 0. The number of aryl methyl sites for hydroxylation is 5. The number of nitrogens with zero attached hydrogens (tertiary/aromatic N) is 3. The van der Waals surface area contributed by atoms with Crippen molar-refractivity contribution >= 4 is 39.1 Å². The molecule has 0 bridgehead atoms. The van der Waals surface area contributed by atoms with Gasteiger partial charge in [-0.15, -0.1) is 11.3 Å². The molecule has 37 heavy (non-hydrogen) atoms. The Balaban J connectivity index is 1.51. The highest BCUT2D eigenvalue weighted by Gasteiger charge is 2.21. The van der Waals surface area contributed by atoms with Gasteiger partial charge in [-0.05, 0) is 88.6 Å². The molecule has 0 aliphatic heterocycles. The fourth-order valence-corrected chi connectivity index (χ4v) is 6.66. The van der Waals surface area contributed by atoms with Gasteiger partial charge in [-0.2, -0.15) is 0 Å². The van der Waals surface area contributed by atoms with Gasteiger partial charge in [-0.1, -0.05) is 36.0 Å². The Morgan fingerprint density at radius 1 is 0.892 bits per heavy atom. The Labute approximate surface area is 224 Å². The third-order valence-corrected chi connectivity index (χ3v) is 9.04. The van der Waals surface area contributed by atoms with Crippen LogP contribution in [0.2, 0.25) is 0 Å². The highest BCUT2D eigenvalue weighted by Crippen LogP contribution is 2.30. The van der Waals surface area contributed by atoms with Crippen LogP contribution < -0.4 is 5.56 Å². The normalized spacial score (nSPS) is 11.4. The summed E-state index contributed by atoms with van der Waals surface area (Å²) in [7, 11) is 0. The molecule has 5 aromatic rings. The van der Waals surface area contributed by atoms with E-state index in [1.807, 2.05) is 64.1 Å². The van der Waals surface area contributed by atoms with Crippen molar-refractivity contribution in [2.45, 2.75) is 46.7 Å². The van der Waals surface area contributed by atoms with Crippen LogP contribution in [0.3, 0.4) is 0 Å². The van der Waals surface area contributed by atoms with Crippen LogP contribution in [-0.2, 0) is 0 Å². The van der Waals surface area contributed by atoms with Crippen molar-refractivity contribution in [1.29, 1.82) is 0 Å². The smallest absolute Gasteiger partial charge is 0.267 e. The molecular formula is C30H29N3O2S2. The lowest BCUT2D eigenvalue weighted by Gasteiger charge is -2.13. The first-order chi connectivity index (χ1) is 17.7. The predicted octanol–water partition coefficient (Wildman–Crippen LogP) is 7.06. The number of aromatic nitrogens is 3. The molecule has 3 heterocycles. The van der Waals surface area contributed by atoms with Gasteiger partial charge in [0.05, 0.1) is 16.8 Å². The fraction of sp³-hybridized carbons (Fsp3) is 0.233. The van der Waals surface area contributed by atoms with Gasteiger partial charge >= 0.3 is 0 Å². The van der Waals surface area contributed by atoms with Crippen LogP contribution in [0.15, 0.2) is 64.5 Å². The Hall–Kier alpha value is -3.42. The predicted molar refractivity (Wildman–Crippen MR) is 154 cm³/mol. The van der Waals surface area contributed by atoms with E-state index in [4.69, 9.17) is 4.98 Å². The molecule has 0 radical (unpaired) electrons. The number of benzene rings is 2. The van der Waals surface area contributed by atoms with E-state index in [2.05, 4.69) is 36.6 Å². The maximum absolute atomic E-state index is 13.6. The number of ketones is 1. The summed E-state index contributed by atoms with van der Waals surface area (Å²) in [6.07, 6.45) is 0. The molecule has 0 N–H and O–H groups in total. The fourth-order valence-electron chi connectivity index (χ4n) is 4.69. The molecule has 0 aliphatic rings. The van der Waals surface area contributed by atoms with Gasteiger partial charge in [0.1, 0.15) is 4.83 Å². The van der Waals surface area contributed by atoms with Gasteiger partial charge in [0.15, 0.2) is 10.9 Å². The van der Waals surface area contributed by atoms with Crippen LogP contribution in [0.5, 0.6) is 0 Å². The highest BCUT2D eigenvalue weighted by molar-refractivity contribution is 7.99. The maximum Gasteiger partial charge on any atom is 0.267 e. The number of fused-ring (bicyclic) bond motifs is 1. The largest absolute Gasteiger partial charge is 0.318 e. The quantitative estimate of drug-likeness (QED) is 0.135. The van der Waals surface area contributed by atoms with Crippen molar-refractivity contribution in [3.05, 3.63) is 103 Å². The number of carbonyl (C=O) groups excluding carboxylic acids is 1. The molecule has 3 aromatic heterocycles. The average Bonchev–Trinajstić information content (AvgIpc) is 3.34. The number of hydrogen-bond acceptors (Lipinski definition) is 5. The van der Waals surface area contributed by atoms with E-state index >= 15 is 0 Å². The van der Waals surface area contributed by atoms with Gasteiger partial charge in [0.2, 0.25) is 0 Å². The third-order valence-electron chi connectivity index (χ3n) is 7.00. The van der Waals surface area contributed by atoms with Gasteiger partial charge in [0.25, 0.3) is 5.56 Å². The van der Waals surface area contributed by atoms with Crippen molar-refractivity contribution in [2.75, 3.05) is 5.75 Å². The Morgan fingerprint density at radius 2 is 1.62 bits per heavy atom. The van der Waals surface area contributed by atoms with E-state index in [1.165, 1.54) is 34.2 Å². The molecule has 2 aromatic carbocycles. The number of para-hydroxylation sites is 1. The monoisotopic (exact) mass is 527 g/mol. The number of carbonyl (C=O) groups is 1. The summed E-state index contributed by atoms with van der Waals surface area (Å²) in [5.74, 6) is 0.200. The van der Waals surface area contributed by atoms with Crippen LogP contribution >= 0.6 is 23.1 Å². The third kappa shape index (κ3) is 4.47. The molecule has 0 fully saturated rings. The lowest BCUT2D eigenvalue weighted by atomic mass is 10.1.